The van der Waals surface area contributed by atoms with E-state index < -0.39 is 0 Å². The summed E-state index contributed by atoms with van der Waals surface area (Å²) in [4.78, 5) is 28.4. The number of carbonyl (C=O) groups is 1. The molecule has 2 atom stereocenters. The van der Waals surface area contributed by atoms with Gasteiger partial charge in [-0.05, 0) is 13.0 Å². The number of rotatable bonds is 3. The lowest BCUT2D eigenvalue weighted by molar-refractivity contribution is 0.0713. The summed E-state index contributed by atoms with van der Waals surface area (Å²) in [5, 5.41) is 8.09. The first-order valence-corrected chi connectivity index (χ1v) is 7.38. The van der Waals surface area contributed by atoms with E-state index in [0.717, 1.165) is 5.69 Å². The average Bonchev–Trinajstić information content (AvgIpc) is 3.12. The van der Waals surface area contributed by atoms with Crippen molar-refractivity contribution in [3.63, 3.8) is 0 Å². The molecule has 8 heteroatoms. The predicted molar refractivity (Wildman–Crippen MR) is 82.2 cm³/mol. The van der Waals surface area contributed by atoms with E-state index in [0.29, 0.717) is 24.3 Å². The van der Waals surface area contributed by atoms with Gasteiger partial charge >= 0.3 is 0 Å². The van der Waals surface area contributed by atoms with Crippen molar-refractivity contribution in [1.82, 2.24) is 24.9 Å². The molecule has 1 aliphatic rings. The van der Waals surface area contributed by atoms with Gasteiger partial charge in [0.25, 0.3) is 5.91 Å². The Balaban J connectivity index is 1.84. The maximum Gasteiger partial charge on any atom is 0.255 e. The van der Waals surface area contributed by atoms with Crippen LogP contribution in [0, 0.1) is 6.92 Å². The summed E-state index contributed by atoms with van der Waals surface area (Å²) >= 11 is 0. The topological polar surface area (TPSA) is 93.1 Å². The van der Waals surface area contributed by atoms with Crippen LogP contribution in [0.25, 0.3) is 0 Å². The summed E-state index contributed by atoms with van der Waals surface area (Å²) < 4.78 is 7.16. The van der Waals surface area contributed by atoms with E-state index in [9.17, 15) is 9.59 Å². The lowest BCUT2D eigenvalue weighted by Crippen LogP contribution is -2.31. The number of methoxy groups -OCH3 is 1. The highest BCUT2D eigenvalue weighted by molar-refractivity contribution is 5.95. The van der Waals surface area contributed by atoms with Crippen LogP contribution in [-0.4, -0.2) is 57.1 Å². The van der Waals surface area contributed by atoms with Gasteiger partial charge in [-0.1, -0.05) is 5.21 Å². The second-order valence-corrected chi connectivity index (χ2v) is 5.77. The number of aromatic nitrogens is 4. The number of amides is 1. The van der Waals surface area contributed by atoms with Crippen molar-refractivity contribution in [2.45, 2.75) is 18.9 Å². The molecule has 0 bridgehead atoms. The molecule has 3 rings (SSSR count). The third kappa shape index (κ3) is 2.89. The highest BCUT2D eigenvalue weighted by Gasteiger charge is 2.38. The lowest BCUT2D eigenvalue weighted by atomic mass is 10.0. The van der Waals surface area contributed by atoms with Crippen LogP contribution >= 0.6 is 0 Å². The molecule has 2 aromatic rings. The van der Waals surface area contributed by atoms with Crippen LogP contribution in [-0.2, 0) is 11.8 Å². The number of hydrogen-bond donors (Lipinski definition) is 1. The summed E-state index contributed by atoms with van der Waals surface area (Å²) in [5.41, 5.74) is 1.67. The van der Waals surface area contributed by atoms with E-state index in [1.807, 2.05) is 6.20 Å². The maximum atomic E-state index is 12.7. The normalized spacial score (nSPS) is 20.9. The van der Waals surface area contributed by atoms with Gasteiger partial charge in [0.05, 0.1) is 23.3 Å². The van der Waals surface area contributed by atoms with Gasteiger partial charge in [-0.25, -0.2) is 0 Å². The van der Waals surface area contributed by atoms with Crippen molar-refractivity contribution >= 4 is 5.91 Å². The predicted octanol–water partition coefficient (Wildman–Crippen LogP) is 0.0664. The van der Waals surface area contributed by atoms with Crippen molar-refractivity contribution in [1.29, 1.82) is 0 Å². The van der Waals surface area contributed by atoms with Crippen molar-refractivity contribution in [3.8, 4) is 0 Å². The van der Waals surface area contributed by atoms with Gasteiger partial charge in [0.1, 0.15) is 0 Å². The largest absolute Gasteiger partial charge is 0.379 e. The number of aryl methyl sites for hydroxylation is 2. The number of aromatic amines is 1. The number of nitrogens with one attached hydrogen (secondary N) is 1. The molecule has 0 aliphatic carbocycles. The Morgan fingerprint density at radius 3 is 2.78 bits per heavy atom. The first-order chi connectivity index (χ1) is 11.0. The molecule has 1 amide bonds. The van der Waals surface area contributed by atoms with Crippen molar-refractivity contribution in [2.75, 3.05) is 20.2 Å². The van der Waals surface area contributed by atoms with Gasteiger partial charge in [0.2, 0.25) is 5.56 Å². The summed E-state index contributed by atoms with van der Waals surface area (Å²) in [5.74, 6) is -0.132. The number of nitrogens with zero attached hydrogens (tertiary/aromatic N) is 4. The molecule has 122 valence electrons. The molecule has 1 aliphatic heterocycles. The zero-order valence-electron chi connectivity index (χ0n) is 13.3. The van der Waals surface area contributed by atoms with Crippen molar-refractivity contribution in [3.05, 3.63) is 45.6 Å². The second-order valence-electron chi connectivity index (χ2n) is 5.77. The zero-order chi connectivity index (χ0) is 16.6. The summed E-state index contributed by atoms with van der Waals surface area (Å²) in [6.45, 7) is 2.71. The Morgan fingerprint density at radius 2 is 2.17 bits per heavy atom. The zero-order valence-corrected chi connectivity index (χ0v) is 13.3. The molecule has 0 aromatic carbocycles. The smallest absolute Gasteiger partial charge is 0.255 e. The van der Waals surface area contributed by atoms with E-state index in [1.165, 1.54) is 6.07 Å². The fraction of sp³-hybridized carbons (Fsp3) is 0.467. The second kappa shape index (κ2) is 5.96. The lowest BCUT2D eigenvalue weighted by Gasteiger charge is -2.17. The van der Waals surface area contributed by atoms with E-state index in [2.05, 4.69) is 15.3 Å². The number of carbonyl (C=O) groups excluding carboxylic acids is 1. The first kappa shape index (κ1) is 15.4. The number of H-pyrrole nitrogens is 1. The number of hydrogen-bond acceptors (Lipinski definition) is 5. The van der Waals surface area contributed by atoms with Crippen LogP contribution in [0.15, 0.2) is 23.1 Å². The molecule has 0 unspecified atom stereocenters. The number of pyridine rings is 1. The van der Waals surface area contributed by atoms with Crippen LogP contribution in [0.3, 0.4) is 0 Å². The molecule has 3 heterocycles. The highest BCUT2D eigenvalue weighted by Crippen LogP contribution is 2.29. The summed E-state index contributed by atoms with van der Waals surface area (Å²) in [6, 6.07) is 2.93. The molecular weight excluding hydrogens is 298 g/mol. The van der Waals surface area contributed by atoms with Crippen LogP contribution in [0.5, 0.6) is 0 Å². The Morgan fingerprint density at radius 1 is 1.39 bits per heavy atom. The average molecular weight is 317 g/mol. The van der Waals surface area contributed by atoms with Gasteiger partial charge in [-0.2, -0.15) is 0 Å². The minimum absolute atomic E-state index is 0.0132. The molecule has 0 radical (unpaired) electrons. The minimum Gasteiger partial charge on any atom is -0.379 e. The third-order valence-electron chi connectivity index (χ3n) is 4.20. The Bertz CT molecular complexity index is 781. The molecule has 23 heavy (non-hydrogen) atoms. The monoisotopic (exact) mass is 317 g/mol. The molecule has 2 aromatic heterocycles. The third-order valence-corrected chi connectivity index (χ3v) is 4.20. The van der Waals surface area contributed by atoms with Crippen LogP contribution < -0.4 is 5.56 Å². The molecule has 1 N–H and O–H groups in total. The molecular formula is C15H19N5O3. The van der Waals surface area contributed by atoms with Crippen LogP contribution in [0.2, 0.25) is 0 Å². The Kier molecular flexibility index (Phi) is 3.99. The van der Waals surface area contributed by atoms with Crippen LogP contribution in [0.1, 0.15) is 27.7 Å². The fourth-order valence-electron chi connectivity index (χ4n) is 2.98. The Hall–Kier alpha value is -2.48. The van der Waals surface area contributed by atoms with E-state index in [-0.39, 0.29) is 23.5 Å². The van der Waals surface area contributed by atoms with E-state index in [4.69, 9.17) is 4.74 Å². The maximum absolute atomic E-state index is 12.7. The van der Waals surface area contributed by atoms with E-state index >= 15 is 0 Å². The van der Waals surface area contributed by atoms with Crippen molar-refractivity contribution < 1.29 is 9.53 Å². The molecule has 8 nitrogen and oxygen atoms in total. The quantitative estimate of drug-likeness (QED) is 0.864. The SMILES string of the molecule is CO[C@@H]1CN(C(=O)c2ccc(=O)[nH]c2C)C[C@H]1c1cn(C)nn1. The van der Waals surface area contributed by atoms with E-state index in [1.54, 1.807) is 36.7 Å². The summed E-state index contributed by atoms with van der Waals surface area (Å²) in [7, 11) is 3.44. The van der Waals surface area contributed by atoms with Gasteiger partial charge in [0.15, 0.2) is 0 Å². The van der Waals surface area contributed by atoms with Crippen LogP contribution in [0.4, 0.5) is 0 Å². The summed E-state index contributed by atoms with van der Waals surface area (Å²) in [6.07, 6.45) is 1.72. The molecule has 0 spiro atoms. The fourth-order valence-corrected chi connectivity index (χ4v) is 2.98. The first-order valence-electron chi connectivity index (χ1n) is 7.38. The standard InChI is InChI=1S/C15H19N5O3/c1-9-10(4-5-14(21)16-9)15(22)20-6-11(13(8-20)23-3)12-7-19(2)18-17-12/h4-5,7,11,13H,6,8H2,1-3H3,(H,16,21)/t11-,13+/m0/s1. The minimum atomic E-state index is -0.215. The number of likely N-dealkylation sites (tertiary alicyclic amines) is 1. The molecule has 1 fully saturated rings. The van der Waals surface area contributed by atoms with Crippen molar-refractivity contribution in [2.24, 2.45) is 7.05 Å². The molecule has 0 saturated carbocycles. The van der Waals surface area contributed by atoms with Gasteiger partial charge in [0, 0.05) is 45.2 Å². The van der Waals surface area contributed by atoms with Gasteiger partial charge < -0.3 is 14.6 Å². The number of ether oxygens (including phenoxy) is 1. The highest BCUT2D eigenvalue weighted by atomic mass is 16.5. The molecule has 1 saturated heterocycles. The van der Waals surface area contributed by atoms with Gasteiger partial charge in [-0.15, -0.1) is 5.10 Å². The van der Waals surface area contributed by atoms with Gasteiger partial charge in [-0.3, -0.25) is 14.3 Å². The Labute approximate surface area is 133 Å².